The molecule has 6 atom stereocenters. The lowest BCUT2D eigenvalue weighted by molar-refractivity contribution is -0.131. The van der Waals surface area contributed by atoms with Crippen LogP contribution < -0.4 is 0 Å². The van der Waals surface area contributed by atoms with Gasteiger partial charge in [-0.3, -0.25) is 4.79 Å². The van der Waals surface area contributed by atoms with Crippen molar-refractivity contribution in [3.63, 3.8) is 0 Å². The lowest BCUT2D eigenvalue weighted by atomic mass is 9.79. The first-order chi connectivity index (χ1) is 11.4. The molecule has 24 heavy (non-hydrogen) atoms. The molecule has 0 saturated carbocycles. The zero-order chi connectivity index (χ0) is 18.3. The van der Waals surface area contributed by atoms with Gasteiger partial charge in [-0.25, -0.2) is 0 Å². The maximum absolute atomic E-state index is 11.8. The number of hydrogen-bond donors (Lipinski definition) is 0. The molecule has 1 aromatic rings. The van der Waals surface area contributed by atoms with Gasteiger partial charge in [0.15, 0.2) is 0 Å². The van der Waals surface area contributed by atoms with Crippen molar-refractivity contribution in [2.24, 2.45) is 17.8 Å². The highest BCUT2D eigenvalue weighted by molar-refractivity contribution is 5.78. The van der Waals surface area contributed by atoms with Crippen molar-refractivity contribution in [1.82, 2.24) is 0 Å². The summed E-state index contributed by atoms with van der Waals surface area (Å²) in [4.78, 5) is 11.8. The summed E-state index contributed by atoms with van der Waals surface area (Å²) in [6, 6.07) is 10.1. The second-order valence-electron chi connectivity index (χ2n) is 6.59. The van der Waals surface area contributed by atoms with Crippen LogP contribution in [-0.2, 0) is 19.0 Å². The molecule has 0 unspecified atom stereocenters. The van der Waals surface area contributed by atoms with E-state index in [4.69, 9.17) is 14.2 Å². The van der Waals surface area contributed by atoms with E-state index in [9.17, 15) is 4.79 Å². The summed E-state index contributed by atoms with van der Waals surface area (Å²) >= 11 is 0. The first kappa shape index (κ1) is 20.8. The predicted molar refractivity (Wildman–Crippen MR) is 96.0 cm³/mol. The van der Waals surface area contributed by atoms with E-state index in [0.717, 1.165) is 5.56 Å². The molecule has 4 heteroatoms. The van der Waals surface area contributed by atoms with Gasteiger partial charge in [0.25, 0.3) is 0 Å². The Balaban J connectivity index is 3.02. The standard InChI is InChI=1S/C20H32O4/c1-13(16(4)21)18(22-5)14(2)19(23-6)15(3)20(24-7)17-11-9-8-10-12-17/h8-15,18-20H,1-7H3/t13-,14-,15+,18+,19+,20-/m0/s1. The molecule has 0 saturated heterocycles. The minimum atomic E-state index is -0.192. The minimum Gasteiger partial charge on any atom is -0.381 e. The van der Waals surface area contributed by atoms with Gasteiger partial charge in [0.2, 0.25) is 0 Å². The Hall–Kier alpha value is -1.23. The lowest BCUT2D eigenvalue weighted by Gasteiger charge is -2.37. The van der Waals surface area contributed by atoms with Crippen molar-refractivity contribution in [3.05, 3.63) is 35.9 Å². The van der Waals surface area contributed by atoms with Crippen LogP contribution in [0.4, 0.5) is 0 Å². The van der Waals surface area contributed by atoms with Crippen molar-refractivity contribution < 1.29 is 19.0 Å². The molecule has 0 aromatic heterocycles. The molecule has 0 heterocycles. The van der Waals surface area contributed by atoms with Gasteiger partial charge in [-0.1, -0.05) is 51.1 Å². The van der Waals surface area contributed by atoms with Gasteiger partial charge in [0.1, 0.15) is 5.78 Å². The first-order valence-corrected chi connectivity index (χ1v) is 8.52. The van der Waals surface area contributed by atoms with Gasteiger partial charge in [-0.15, -0.1) is 0 Å². The van der Waals surface area contributed by atoms with Gasteiger partial charge >= 0.3 is 0 Å². The van der Waals surface area contributed by atoms with Crippen molar-refractivity contribution in [2.45, 2.75) is 46.0 Å². The van der Waals surface area contributed by atoms with Crippen molar-refractivity contribution >= 4 is 5.78 Å². The molecule has 4 nitrogen and oxygen atoms in total. The number of rotatable bonds is 10. The number of benzene rings is 1. The van der Waals surface area contributed by atoms with E-state index in [1.165, 1.54) is 0 Å². The molecular weight excluding hydrogens is 304 g/mol. The second-order valence-corrected chi connectivity index (χ2v) is 6.59. The average molecular weight is 336 g/mol. The van der Waals surface area contributed by atoms with Crippen LogP contribution in [0, 0.1) is 17.8 Å². The topological polar surface area (TPSA) is 44.8 Å². The largest absolute Gasteiger partial charge is 0.381 e. The van der Waals surface area contributed by atoms with Crippen LogP contribution in [0.3, 0.4) is 0 Å². The smallest absolute Gasteiger partial charge is 0.135 e. The number of ether oxygens (including phenoxy) is 3. The van der Waals surface area contributed by atoms with Crippen LogP contribution in [0.1, 0.15) is 39.4 Å². The molecule has 0 aliphatic rings. The number of carbonyl (C=O) groups is 1. The molecular formula is C20H32O4. The van der Waals surface area contributed by atoms with Gasteiger partial charge in [-0.05, 0) is 12.5 Å². The fourth-order valence-corrected chi connectivity index (χ4v) is 3.67. The summed E-state index contributed by atoms with van der Waals surface area (Å²) in [7, 11) is 5.08. The van der Waals surface area contributed by atoms with Crippen molar-refractivity contribution in [2.75, 3.05) is 21.3 Å². The van der Waals surface area contributed by atoms with E-state index < -0.39 is 0 Å². The van der Waals surface area contributed by atoms with E-state index in [1.54, 1.807) is 28.3 Å². The zero-order valence-electron chi connectivity index (χ0n) is 16.0. The number of Topliss-reactive ketones (excluding diaryl/α,β-unsaturated/α-hetero) is 1. The number of hydrogen-bond acceptors (Lipinski definition) is 4. The molecule has 0 radical (unpaired) electrons. The number of ketones is 1. The summed E-state index contributed by atoms with van der Waals surface area (Å²) in [6.45, 7) is 7.72. The Morgan fingerprint density at radius 3 is 1.79 bits per heavy atom. The van der Waals surface area contributed by atoms with Crippen LogP contribution in [0.15, 0.2) is 30.3 Å². The SMILES string of the molecule is CO[C@H]([C@@H](C)[C@H](OC)[C@@H](C)C(C)=O)[C@@H](C)[C@H](OC)c1ccccc1. The molecule has 0 bridgehead atoms. The van der Waals surface area contributed by atoms with Crippen LogP contribution >= 0.6 is 0 Å². The average Bonchev–Trinajstić information content (AvgIpc) is 2.57. The second kappa shape index (κ2) is 9.92. The molecule has 0 aliphatic heterocycles. The van der Waals surface area contributed by atoms with Gasteiger partial charge in [-0.2, -0.15) is 0 Å². The summed E-state index contributed by atoms with van der Waals surface area (Å²) in [5.41, 5.74) is 1.12. The van der Waals surface area contributed by atoms with Crippen LogP contribution in [0.2, 0.25) is 0 Å². The van der Waals surface area contributed by atoms with E-state index in [2.05, 4.69) is 26.0 Å². The maximum Gasteiger partial charge on any atom is 0.135 e. The number of carbonyl (C=O) groups excluding carboxylic acids is 1. The van der Waals surface area contributed by atoms with E-state index in [1.807, 2.05) is 25.1 Å². The molecule has 1 rings (SSSR count). The first-order valence-electron chi connectivity index (χ1n) is 8.52. The predicted octanol–water partition coefficient (Wildman–Crippen LogP) is 3.90. The summed E-state index contributed by atoms with van der Waals surface area (Å²) in [5, 5.41) is 0. The third-order valence-electron chi connectivity index (χ3n) is 5.09. The Morgan fingerprint density at radius 2 is 1.38 bits per heavy atom. The van der Waals surface area contributed by atoms with E-state index in [-0.39, 0.29) is 41.8 Å². The molecule has 136 valence electrons. The highest BCUT2D eigenvalue weighted by atomic mass is 16.5. The van der Waals surface area contributed by atoms with Crippen LogP contribution in [-0.4, -0.2) is 39.3 Å². The number of methoxy groups -OCH3 is 3. The quantitative estimate of drug-likeness (QED) is 0.650. The highest BCUT2D eigenvalue weighted by Gasteiger charge is 2.37. The zero-order valence-corrected chi connectivity index (χ0v) is 16.0. The minimum absolute atomic E-state index is 0.0512. The highest BCUT2D eigenvalue weighted by Crippen LogP contribution is 2.34. The van der Waals surface area contributed by atoms with E-state index >= 15 is 0 Å². The molecule has 0 spiro atoms. The van der Waals surface area contributed by atoms with Gasteiger partial charge < -0.3 is 14.2 Å². The van der Waals surface area contributed by atoms with Crippen LogP contribution in [0.5, 0.6) is 0 Å². The Bertz CT molecular complexity index is 488. The summed E-state index contributed by atoms with van der Waals surface area (Å²) in [6.07, 6.45) is -0.367. The normalized spacial score (nSPS) is 19.1. The Kier molecular flexibility index (Phi) is 8.60. The molecule has 0 aliphatic carbocycles. The molecule has 0 N–H and O–H groups in total. The Labute approximate surface area is 146 Å². The van der Waals surface area contributed by atoms with Gasteiger partial charge in [0.05, 0.1) is 18.3 Å². The monoisotopic (exact) mass is 336 g/mol. The fourth-order valence-electron chi connectivity index (χ4n) is 3.67. The molecule has 0 amide bonds. The lowest BCUT2D eigenvalue weighted by Crippen LogP contribution is -2.43. The third-order valence-corrected chi connectivity index (χ3v) is 5.09. The fraction of sp³-hybridized carbons (Fsp3) is 0.650. The summed E-state index contributed by atoms with van der Waals surface area (Å²) in [5.74, 6) is 0.111. The summed E-state index contributed by atoms with van der Waals surface area (Å²) < 4.78 is 17.2. The Morgan fingerprint density at radius 1 is 0.833 bits per heavy atom. The molecule has 1 aromatic carbocycles. The molecule has 0 fully saturated rings. The van der Waals surface area contributed by atoms with Crippen LogP contribution in [0.25, 0.3) is 0 Å². The van der Waals surface area contributed by atoms with E-state index in [0.29, 0.717) is 0 Å². The van der Waals surface area contributed by atoms with Crippen molar-refractivity contribution in [3.8, 4) is 0 Å². The van der Waals surface area contributed by atoms with Crippen molar-refractivity contribution in [1.29, 1.82) is 0 Å². The van der Waals surface area contributed by atoms with Gasteiger partial charge in [0, 0.05) is 39.1 Å². The third kappa shape index (κ3) is 4.88. The maximum atomic E-state index is 11.8.